The van der Waals surface area contributed by atoms with Crippen molar-refractivity contribution in [3.05, 3.63) is 0 Å². The Kier molecular flexibility index (Phi) is 5.38. The summed E-state index contributed by atoms with van der Waals surface area (Å²) in [6.45, 7) is 5.07. The Morgan fingerprint density at radius 3 is 1.35 bits per heavy atom. The third-order valence-electron chi connectivity index (χ3n) is 5.65. The van der Waals surface area contributed by atoms with E-state index in [1.807, 2.05) is 0 Å². The summed E-state index contributed by atoms with van der Waals surface area (Å²) in [7, 11) is 0. The van der Waals surface area contributed by atoms with Crippen LogP contribution in [0.3, 0.4) is 0 Å². The molecule has 2 aliphatic rings. The van der Waals surface area contributed by atoms with Crippen LogP contribution in [0.4, 0.5) is 0 Å². The second kappa shape index (κ2) is 6.81. The number of hydrogen-bond acceptors (Lipinski definition) is 0. The van der Waals surface area contributed by atoms with Gasteiger partial charge in [-0.2, -0.15) is 0 Å². The van der Waals surface area contributed by atoms with Crippen LogP contribution in [0.15, 0.2) is 0 Å². The summed E-state index contributed by atoms with van der Waals surface area (Å²) in [5.74, 6) is 4.11. The highest BCUT2D eigenvalue weighted by molar-refractivity contribution is 4.77. The lowest BCUT2D eigenvalue weighted by atomic mass is 9.72. The first kappa shape index (κ1) is 13.4. The van der Waals surface area contributed by atoms with Crippen LogP contribution >= 0.6 is 0 Å². The minimum atomic E-state index is 0.993. The van der Waals surface area contributed by atoms with Gasteiger partial charge in [0.05, 0.1) is 0 Å². The molecule has 0 nitrogen and oxygen atoms in total. The van der Waals surface area contributed by atoms with Gasteiger partial charge in [-0.3, -0.25) is 0 Å². The van der Waals surface area contributed by atoms with Crippen LogP contribution in [0.2, 0.25) is 0 Å². The molecule has 0 radical (unpaired) electrons. The minimum Gasteiger partial charge on any atom is -0.0622 e. The minimum absolute atomic E-state index is 0.993. The lowest BCUT2D eigenvalue weighted by Crippen LogP contribution is -2.22. The second-order valence-electron chi connectivity index (χ2n) is 6.99. The molecule has 17 heavy (non-hydrogen) atoms. The molecule has 0 aromatic carbocycles. The van der Waals surface area contributed by atoms with Crippen molar-refractivity contribution in [1.29, 1.82) is 0 Å². The van der Waals surface area contributed by atoms with E-state index < -0.39 is 0 Å². The van der Waals surface area contributed by atoms with E-state index in [-0.39, 0.29) is 0 Å². The summed E-state index contributed by atoms with van der Waals surface area (Å²) >= 11 is 0. The van der Waals surface area contributed by atoms with Crippen molar-refractivity contribution in [1.82, 2.24) is 0 Å². The molecule has 0 amide bonds. The van der Waals surface area contributed by atoms with E-state index in [0.717, 1.165) is 23.7 Å². The third-order valence-corrected chi connectivity index (χ3v) is 5.65. The maximum absolute atomic E-state index is 2.54. The summed E-state index contributed by atoms with van der Waals surface area (Å²) in [6.07, 6.45) is 16.6. The van der Waals surface area contributed by atoms with E-state index >= 15 is 0 Å². The monoisotopic (exact) mass is 236 g/mol. The van der Waals surface area contributed by atoms with E-state index in [1.165, 1.54) is 70.6 Å². The van der Waals surface area contributed by atoms with Gasteiger partial charge in [-0.25, -0.2) is 0 Å². The first-order valence-electron chi connectivity index (χ1n) is 8.27. The van der Waals surface area contributed by atoms with Gasteiger partial charge in [0.25, 0.3) is 0 Å². The van der Waals surface area contributed by atoms with E-state index in [2.05, 4.69) is 13.8 Å². The van der Waals surface area contributed by atoms with Crippen molar-refractivity contribution in [3.8, 4) is 0 Å². The molecule has 0 saturated heterocycles. The molecule has 0 heteroatoms. The molecule has 0 aromatic heterocycles. The van der Waals surface area contributed by atoms with Gasteiger partial charge in [-0.15, -0.1) is 0 Å². The summed E-state index contributed by atoms with van der Waals surface area (Å²) in [5.41, 5.74) is 0. The molecule has 0 N–H and O–H groups in total. The zero-order chi connectivity index (χ0) is 12.1. The quantitative estimate of drug-likeness (QED) is 0.578. The molecule has 2 atom stereocenters. The van der Waals surface area contributed by atoms with Crippen LogP contribution in [0.1, 0.15) is 84.5 Å². The van der Waals surface area contributed by atoms with Crippen molar-refractivity contribution >= 4 is 0 Å². The lowest BCUT2D eigenvalue weighted by Gasteiger charge is -2.33. The number of hydrogen-bond donors (Lipinski definition) is 0. The van der Waals surface area contributed by atoms with Gasteiger partial charge in [0.1, 0.15) is 0 Å². The molecule has 0 bridgehead atoms. The van der Waals surface area contributed by atoms with Crippen molar-refractivity contribution < 1.29 is 0 Å². The molecule has 100 valence electrons. The fourth-order valence-electron chi connectivity index (χ4n) is 4.38. The first-order valence-corrected chi connectivity index (χ1v) is 8.27. The molecular weight excluding hydrogens is 204 g/mol. The predicted octanol–water partition coefficient (Wildman–Crippen LogP) is 5.81. The van der Waals surface area contributed by atoms with Crippen LogP contribution in [0.25, 0.3) is 0 Å². The summed E-state index contributed by atoms with van der Waals surface area (Å²) in [5, 5.41) is 0. The molecule has 0 spiro atoms. The molecule has 2 aliphatic carbocycles. The van der Waals surface area contributed by atoms with Gasteiger partial charge in [0, 0.05) is 0 Å². The summed E-state index contributed by atoms with van der Waals surface area (Å²) < 4.78 is 0. The Bertz CT molecular complexity index is 174. The maximum atomic E-state index is 2.54. The SMILES string of the molecule is CC(CC(C)C1CCCCC1)C1CCCCC1. The van der Waals surface area contributed by atoms with Crippen molar-refractivity contribution in [2.75, 3.05) is 0 Å². The Hall–Kier alpha value is 0. The van der Waals surface area contributed by atoms with Gasteiger partial charge in [-0.05, 0) is 30.1 Å². The lowest BCUT2D eigenvalue weighted by molar-refractivity contribution is 0.179. The normalized spacial score (nSPS) is 27.9. The van der Waals surface area contributed by atoms with Crippen LogP contribution in [-0.2, 0) is 0 Å². The molecular formula is C17H32. The first-order chi connectivity index (χ1) is 8.27. The fourth-order valence-corrected chi connectivity index (χ4v) is 4.38. The standard InChI is InChI=1S/C17H32/c1-14(16-9-5-3-6-10-16)13-15(2)17-11-7-4-8-12-17/h14-17H,3-13H2,1-2H3. The van der Waals surface area contributed by atoms with Crippen LogP contribution in [0.5, 0.6) is 0 Å². The molecule has 2 unspecified atom stereocenters. The fraction of sp³-hybridized carbons (Fsp3) is 1.00. The second-order valence-corrected chi connectivity index (χ2v) is 6.99. The Morgan fingerprint density at radius 1 is 0.647 bits per heavy atom. The largest absolute Gasteiger partial charge is 0.0622 e. The van der Waals surface area contributed by atoms with Gasteiger partial charge in [-0.1, -0.05) is 78.1 Å². The Balaban J connectivity index is 1.74. The van der Waals surface area contributed by atoms with Gasteiger partial charge in [0.15, 0.2) is 0 Å². The highest BCUT2D eigenvalue weighted by Gasteiger charge is 2.25. The predicted molar refractivity (Wildman–Crippen MR) is 76.1 cm³/mol. The molecule has 2 rings (SSSR count). The van der Waals surface area contributed by atoms with E-state index in [4.69, 9.17) is 0 Å². The third kappa shape index (κ3) is 4.00. The highest BCUT2D eigenvalue weighted by Crippen LogP contribution is 2.37. The Morgan fingerprint density at radius 2 is 1.00 bits per heavy atom. The van der Waals surface area contributed by atoms with Crippen LogP contribution in [-0.4, -0.2) is 0 Å². The zero-order valence-electron chi connectivity index (χ0n) is 12.1. The van der Waals surface area contributed by atoms with Gasteiger partial charge < -0.3 is 0 Å². The van der Waals surface area contributed by atoms with Crippen molar-refractivity contribution in [2.24, 2.45) is 23.7 Å². The average molecular weight is 236 g/mol. The highest BCUT2D eigenvalue weighted by atomic mass is 14.3. The molecule has 0 heterocycles. The van der Waals surface area contributed by atoms with E-state index in [0.29, 0.717) is 0 Å². The van der Waals surface area contributed by atoms with E-state index in [9.17, 15) is 0 Å². The average Bonchev–Trinajstić information content (AvgIpc) is 2.40. The topological polar surface area (TPSA) is 0 Å². The number of rotatable bonds is 4. The molecule has 2 saturated carbocycles. The molecule has 0 aromatic rings. The van der Waals surface area contributed by atoms with Crippen LogP contribution in [0, 0.1) is 23.7 Å². The van der Waals surface area contributed by atoms with Crippen molar-refractivity contribution in [2.45, 2.75) is 84.5 Å². The Labute approximate surface area is 109 Å². The maximum Gasteiger partial charge on any atom is -0.0388 e. The van der Waals surface area contributed by atoms with Crippen LogP contribution < -0.4 is 0 Å². The van der Waals surface area contributed by atoms with Gasteiger partial charge in [0.2, 0.25) is 0 Å². The smallest absolute Gasteiger partial charge is 0.0388 e. The molecule has 0 aliphatic heterocycles. The van der Waals surface area contributed by atoms with Gasteiger partial charge >= 0.3 is 0 Å². The van der Waals surface area contributed by atoms with Crippen molar-refractivity contribution in [3.63, 3.8) is 0 Å². The zero-order valence-corrected chi connectivity index (χ0v) is 12.1. The van der Waals surface area contributed by atoms with E-state index in [1.54, 1.807) is 0 Å². The molecule has 2 fully saturated rings. The summed E-state index contributed by atoms with van der Waals surface area (Å²) in [6, 6.07) is 0. The summed E-state index contributed by atoms with van der Waals surface area (Å²) in [4.78, 5) is 0.